The highest BCUT2D eigenvalue weighted by molar-refractivity contribution is 6.33. The lowest BCUT2D eigenvalue weighted by atomic mass is 9.69. The predicted octanol–water partition coefficient (Wildman–Crippen LogP) is 6.97. The number of hydrogen-bond acceptors (Lipinski definition) is 0. The first kappa shape index (κ1) is 14.4. The average Bonchev–Trinajstić information content (AvgIpc) is 3.24. The molecule has 28 heavy (non-hydrogen) atoms. The fraction of sp³-hybridized carbons (Fsp3) is 0.286. The van der Waals surface area contributed by atoms with Crippen molar-refractivity contribution >= 4 is 37.9 Å². The molecule has 0 atom stereocenters. The van der Waals surface area contributed by atoms with Gasteiger partial charge in [0.2, 0.25) is 0 Å². The second-order valence-electron chi connectivity index (χ2n) is 10.0. The molecule has 4 aliphatic rings. The largest absolute Gasteiger partial charge is 0.0757 e. The summed E-state index contributed by atoms with van der Waals surface area (Å²) >= 11 is 0. The van der Waals surface area contributed by atoms with E-state index in [4.69, 9.17) is 0 Å². The molecule has 0 nitrogen and oxygen atoms in total. The van der Waals surface area contributed by atoms with E-state index in [0.29, 0.717) is 0 Å². The van der Waals surface area contributed by atoms with Gasteiger partial charge in [-0.05, 0) is 114 Å². The van der Waals surface area contributed by atoms with Gasteiger partial charge in [0.05, 0.1) is 0 Å². The van der Waals surface area contributed by atoms with Gasteiger partial charge < -0.3 is 0 Å². The minimum absolute atomic E-state index is 0.259. The minimum Gasteiger partial charge on any atom is -0.0757 e. The molecular weight excluding hydrogens is 336 g/mol. The first-order chi connectivity index (χ1) is 13.6. The maximum atomic E-state index is 2.53. The van der Waals surface area contributed by atoms with Gasteiger partial charge in [0, 0.05) is 0 Å². The lowest BCUT2D eigenvalue weighted by Crippen LogP contribution is -2.24. The van der Waals surface area contributed by atoms with Gasteiger partial charge in [-0.25, -0.2) is 0 Å². The van der Waals surface area contributed by atoms with Crippen molar-refractivity contribution in [3.8, 4) is 0 Å². The average molecular weight is 358 g/mol. The van der Waals surface area contributed by atoms with E-state index >= 15 is 0 Å². The van der Waals surface area contributed by atoms with Gasteiger partial charge in [0.25, 0.3) is 0 Å². The Balaban J connectivity index is 1.80. The van der Waals surface area contributed by atoms with E-state index in [1.54, 1.807) is 60.3 Å². The van der Waals surface area contributed by atoms with Crippen molar-refractivity contribution < 1.29 is 0 Å². The third-order valence-electron chi connectivity index (χ3n) is 8.29. The molecule has 0 unspecified atom stereocenters. The van der Waals surface area contributed by atoms with Gasteiger partial charge in [-0.3, -0.25) is 0 Å². The van der Waals surface area contributed by atoms with Gasteiger partial charge in [-0.1, -0.05) is 50.3 Å². The lowest BCUT2D eigenvalue weighted by molar-refractivity contribution is 0.472. The standard InChI is InChI=1S/C28H22/c1-28(2)12-11-14-9-10-19-18-8-4-7-17-16-6-3-5-15-13-20-25(21(15)16)26(23(17)18)24(19)22(14)27(20)28/h3,5-6,8-10H,4,7,11-13H2,1-2H3. The molecule has 4 aromatic carbocycles. The zero-order chi connectivity index (χ0) is 18.4. The van der Waals surface area contributed by atoms with Crippen LogP contribution in [0.1, 0.15) is 65.6 Å². The molecule has 0 saturated carbocycles. The maximum absolute atomic E-state index is 2.53. The van der Waals surface area contributed by atoms with Crippen molar-refractivity contribution in [2.24, 2.45) is 0 Å². The lowest BCUT2D eigenvalue weighted by Gasteiger charge is -2.35. The first-order valence-corrected chi connectivity index (χ1v) is 10.9. The molecule has 0 fully saturated rings. The molecule has 4 aliphatic carbocycles. The second-order valence-corrected chi connectivity index (χ2v) is 10.0. The molecule has 0 bridgehead atoms. The summed E-state index contributed by atoms with van der Waals surface area (Å²) in [6.07, 6.45) is 8.51. The van der Waals surface area contributed by atoms with Gasteiger partial charge in [-0.15, -0.1) is 0 Å². The highest BCUT2D eigenvalue weighted by atomic mass is 14.4. The van der Waals surface area contributed by atoms with Crippen LogP contribution in [0.3, 0.4) is 0 Å². The van der Waals surface area contributed by atoms with E-state index in [9.17, 15) is 0 Å². The number of fused-ring (bicyclic) bond motifs is 3. The van der Waals surface area contributed by atoms with Crippen LogP contribution >= 0.6 is 0 Å². The zero-order valence-corrected chi connectivity index (χ0v) is 16.5. The van der Waals surface area contributed by atoms with Crippen molar-refractivity contribution in [2.45, 2.75) is 51.4 Å². The van der Waals surface area contributed by atoms with Crippen LogP contribution in [0, 0.1) is 0 Å². The van der Waals surface area contributed by atoms with Crippen LogP contribution < -0.4 is 0 Å². The van der Waals surface area contributed by atoms with E-state index < -0.39 is 0 Å². The van der Waals surface area contributed by atoms with Crippen molar-refractivity contribution in [3.63, 3.8) is 0 Å². The Labute approximate surface area is 164 Å². The fourth-order valence-corrected chi connectivity index (χ4v) is 7.23. The molecule has 0 saturated heterocycles. The Kier molecular flexibility index (Phi) is 2.16. The summed E-state index contributed by atoms with van der Waals surface area (Å²) in [5.74, 6) is 0. The van der Waals surface area contributed by atoms with Crippen LogP contribution in [0.15, 0.2) is 36.4 Å². The molecule has 4 aromatic rings. The quantitative estimate of drug-likeness (QED) is 0.257. The summed E-state index contributed by atoms with van der Waals surface area (Å²) < 4.78 is 0. The minimum atomic E-state index is 0.259. The highest BCUT2D eigenvalue weighted by Gasteiger charge is 2.39. The summed E-state index contributed by atoms with van der Waals surface area (Å²) in [5.41, 5.74) is 13.0. The van der Waals surface area contributed by atoms with Crippen LogP contribution in [0.4, 0.5) is 0 Å². The molecule has 0 heteroatoms. The van der Waals surface area contributed by atoms with Crippen molar-refractivity contribution in [2.75, 3.05) is 0 Å². The van der Waals surface area contributed by atoms with E-state index in [0.717, 1.165) is 6.42 Å². The number of benzene rings is 4. The Hall–Kier alpha value is -2.60. The second kappa shape index (κ2) is 4.20. The van der Waals surface area contributed by atoms with Gasteiger partial charge >= 0.3 is 0 Å². The summed E-state index contributed by atoms with van der Waals surface area (Å²) in [6, 6.07) is 12.0. The SMILES string of the molecule is CC1(C)CCc2ccc3c4c2c1c1c2c5c(cccc5c5c(c42)C3=CCC5)C1. The number of rotatable bonds is 0. The van der Waals surface area contributed by atoms with Crippen molar-refractivity contribution in [1.29, 1.82) is 0 Å². The predicted molar refractivity (Wildman–Crippen MR) is 119 cm³/mol. The van der Waals surface area contributed by atoms with Crippen molar-refractivity contribution in [3.05, 3.63) is 75.4 Å². The molecule has 0 aliphatic heterocycles. The van der Waals surface area contributed by atoms with Crippen LogP contribution in [-0.4, -0.2) is 0 Å². The monoisotopic (exact) mass is 358 g/mol. The fourth-order valence-electron chi connectivity index (χ4n) is 7.23. The van der Waals surface area contributed by atoms with Gasteiger partial charge in [-0.2, -0.15) is 0 Å². The van der Waals surface area contributed by atoms with Crippen LogP contribution in [-0.2, 0) is 24.7 Å². The third-order valence-corrected chi connectivity index (χ3v) is 8.29. The van der Waals surface area contributed by atoms with E-state index in [1.807, 2.05) is 0 Å². The maximum Gasteiger partial charge on any atom is -0.000792 e. The molecule has 0 heterocycles. The smallest absolute Gasteiger partial charge is 0.000792 e. The van der Waals surface area contributed by atoms with Gasteiger partial charge in [0.1, 0.15) is 0 Å². The van der Waals surface area contributed by atoms with Gasteiger partial charge in [0.15, 0.2) is 0 Å². The summed E-state index contributed by atoms with van der Waals surface area (Å²) in [6.45, 7) is 4.98. The topological polar surface area (TPSA) is 0 Å². The molecule has 0 spiro atoms. The molecule has 0 aromatic heterocycles. The summed E-state index contributed by atoms with van der Waals surface area (Å²) in [7, 11) is 0. The van der Waals surface area contributed by atoms with E-state index in [1.165, 1.54) is 42.2 Å². The van der Waals surface area contributed by atoms with Crippen LogP contribution in [0.25, 0.3) is 37.9 Å². The number of allylic oxidation sites excluding steroid dienone is 1. The Morgan fingerprint density at radius 1 is 0.786 bits per heavy atom. The number of hydrogen-bond donors (Lipinski definition) is 0. The van der Waals surface area contributed by atoms with Crippen LogP contribution in [0.2, 0.25) is 0 Å². The summed E-state index contributed by atoms with van der Waals surface area (Å²) in [5, 5.41) is 9.58. The van der Waals surface area contributed by atoms with E-state index in [2.05, 4.69) is 50.3 Å². The molecule has 0 radical (unpaired) electrons. The van der Waals surface area contributed by atoms with Crippen molar-refractivity contribution in [1.82, 2.24) is 0 Å². The molecule has 8 rings (SSSR count). The molecule has 134 valence electrons. The highest BCUT2D eigenvalue weighted by Crippen LogP contribution is 2.58. The van der Waals surface area contributed by atoms with Crippen LogP contribution in [0.5, 0.6) is 0 Å². The third kappa shape index (κ3) is 1.32. The Morgan fingerprint density at radius 2 is 1.71 bits per heavy atom. The first-order valence-electron chi connectivity index (χ1n) is 10.9. The number of aryl methyl sites for hydroxylation is 2. The molecular formula is C28H22. The van der Waals surface area contributed by atoms with E-state index in [-0.39, 0.29) is 5.41 Å². The summed E-state index contributed by atoms with van der Waals surface area (Å²) in [4.78, 5) is 0. The zero-order valence-electron chi connectivity index (χ0n) is 16.5. The Morgan fingerprint density at radius 3 is 2.64 bits per heavy atom. The molecule has 0 N–H and O–H groups in total. The normalized spacial score (nSPS) is 19.6. The Bertz CT molecular complexity index is 1490. The molecule has 0 amide bonds.